The van der Waals surface area contributed by atoms with Crippen molar-refractivity contribution in [3.63, 3.8) is 0 Å². The third kappa shape index (κ3) is 3.01. The Labute approximate surface area is 108 Å². The van der Waals surface area contributed by atoms with E-state index in [1.54, 1.807) is 11.3 Å². The van der Waals surface area contributed by atoms with Crippen LogP contribution in [0.15, 0.2) is 17.5 Å². The third-order valence-electron chi connectivity index (χ3n) is 2.65. The quantitative estimate of drug-likeness (QED) is 0.905. The molecular formula is C11H13NO3S2. The van der Waals surface area contributed by atoms with Crippen LogP contribution in [0.5, 0.6) is 0 Å². The minimum Gasteiger partial charge on any atom is -0.480 e. The smallest absolute Gasteiger partial charge is 0.327 e. The van der Waals surface area contributed by atoms with Crippen LogP contribution in [0.4, 0.5) is 0 Å². The molecule has 4 nitrogen and oxygen atoms in total. The molecule has 1 aromatic rings. The van der Waals surface area contributed by atoms with Crippen LogP contribution in [-0.4, -0.2) is 39.6 Å². The standard InChI is InChI=1S/C11H13NO3S2/c13-10(4-3-8-2-1-5-17-8)12-7-16-6-9(12)11(14)15/h1-2,5,9H,3-4,6-7H2,(H,14,15)/t9-/m0/s1. The van der Waals surface area contributed by atoms with Crippen LogP contribution in [-0.2, 0) is 16.0 Å². The van der Waals surface area contributed by atoms with Crippen LogP contribution in [0.25, 0.3) is 0 Å². The van der Waals surface area contributed by atoms with Gasteiger partial charge in [-0.1, -0.05) is 6.07 Å². The summed E-state index contributed by atoms with van der Waals surface area (Å²) in [6.07, 6.45) is 1.09. The van der Waals surface area contributed by atoms with Gasteiger partial charge < -0.3 is 10.0 Å². The molecule has 1 amide bonds. The summed E-state index contributed by atoms with van der Waals surface area (Å²) < 4.78 is 0. The first-order valence-corrected chi connectivity index (χ1v) is 7.34. The van der Waals surface area contributed by atoms with Crippen LogP contribution in [0.1, 0.15) is 11.3 Å². The van der Waals surface area contributed by atoms with Crippen LogP contribution < -0.4 is 0 Å². The summed E-state index contributed by atoms with van der Waals surface area (Å²) in [6.45, 7) is 0. The Balaban J connectivity index is 1.89. The van der Waals surface area contributed by atoms with Gasteiger partial charge in [-0.25, -0.2) is 4.79 Å². The Bertz CT molecular complexity index is 405. The average Bonchev–Trinajstić information content (AvgIpc) is 2.96. The van der Waals surface area contributed by atoms with Crippen LogP contribution in [0.3, 0.4) is 0 Å². The van der Waals surface area contributed by atoms with E-state index in [1.165, 1.54) is 16.7 Å². The van der Waals surface area contributed by atoms with Gasteiger partial charge in [0.2, 0.25) is 5.91 Å². The summed E-state index contributed by atoms with van der Waals surface area (Å²) in [5.41, 5.74) is 0. The van der Waals surface area contributed by atoms with Crippen molar-refractivity contribution in [3.8, 4) is 0 Å². The van der Waals surface area contributed by atoms with E-state index in [-0.39, 0.29) is 5.91 Å². The van der Waals surface area contributed by atoms with E-state index < -0.39 is 12.0 Å². The minimum atomic E-state index is -0.903. The Morgan fingerprint density at radius 3 is 3.00 bits per heavy atom. The van der Waals surface area contributed by atoms with Crippen molar-refractivity contribution < 1.29 is 14.7 Å². The molecule has 1 aliphatic heterocycles. The predicted molar refractivity (Wildman–Crippen MR) is 68.2 cm³/mol. The SMILES string of the molecule is O=C(O)[C@@H]1CSCN1C(=O)CCc1cccs1. The van der Waals surface area contributed by atoms with Gasteiger partial charge >= 0.3 is 5.97 Å². The molecule has 2 rings (SSSR count). The zero-order chi connectivity index (χ0) is 12.3. The molecule has 17 heavy (non-hydrogen) atoms. The predicted octanol–water partition coefficient (Wildman–Crippen LogP) is 1.67. The zero-order valence-electron chi connectivity index (χ0n) is 9.17. The molecular weight excluding hydrogens is 258 g/mol. The van der Waals surface area contributed by atoms with Gasteiger partial charge in [0.05, 0.1) is 5.88 Å². The Morgan fingerprint density at radius 1 is 1.53 bits per heavy atom. The number of carbonyl (C=O) groups is 2. The number of nitrogens with zero attached hydrogens (tertiary/aromatic N) is 1. The molecule has 0 aliphatic carbocycles. The number of thiophene rings is 1. The molecule has 0 radical (unpaired) electrons. The largest absolute Gasteiger partial charge is 0.480 e. The second-order valence-corrected chi connectivity index (χ2v) is 5.83. The number of carboxylic acids is 1. The molecule has 1 fully saturated rings. The number of aliphatic carboxylic acids is 1. The average molecular weight is 271 g/mol. The summed E-state index contributed by atoms with van der Waals surface area (Å²) in [5.74, 6) is 0.0376. The Morgan fingerprint density at radius 2 is 2.35 bits per heavy atom. The zero-order valence-corrected chi connectivity index (χ0v) is 10.8. The third-order valence-corrected chi connectivity index (χ3v) is 4.60. The fraction of sp³-hybridized carbons (Fsp3) is 0.455. The first kappa shape index (κ1) is 12.4. The second kappa shape index (κ2) is 5.55. The van der Waals surface area contributed by atoms with Crippen molar-refractivity contribution >= 4 is 35.0 Å². The number of amides is 1. The van der Waals surface area contributed by atoms with E-state index in [0.29, 0.717) is 24.5 Å². The van der Waals surface area contributed by atoms with Gasteiger partial charge in [0.25, 0.3) is 0 Å². The normalized spacial score (nSPS) is 19.5. The van der Waals surface area contributed by atoms with Gasteiger partial charge in [0.1, 0.15) is 6.04 Å². The highest BCUT2D eigenvalue weighted by Crippen LogP contribution is 2.22. The molecule has 0 aromatic carbocycles. The highest BCUT2D eigenvalue weighted by Gasteiger charge is 2.33. The van der Waals surface area contributed by atoms with Crippen molar-refractivity contribution in [1.29, 1.82) is 0 Å². The molecule has 0 spiro atoms. The van der Waals surface area contributed by atoms with Gasteiger partial charge in [0.15, 0.2) is 0 Å². The fourth-order valence-electron chi connectivity index (χ4n) is 1.72. The summed E-state index contributed by atoms with van der Waals surface area (Å²) in [6, 6.07) is 3.30. The van der Waals surface area contributed by atoms with E-state index in [4.69, 9.17) is 5.11 Å². The number of thioether (sulfide) groups is 1. The topological polar surface area (TPSA) is 57.6 Å². The molecule has 0 bridgehead atoms. The lowest BCUT2D eigenvalue weighted by Crippen LogP contribution is -2.41. The van der Waals surface area contributed by atoms with Gasteiger partial charge in [-0.3, -0.25) is 4.79 Å². The Kier molecular flexibility index (Phi) is 4.06. The lowest BCUT2D eigenvalue weighted by Gasteiger charge is -2.20. The van der Waals surface area contributed by atoms with E-state index >= 15 is 0 Å². The molecule has 0 unspecified atom stereocenters. The van der Waals surface area contributed by atoms with Gasteiger partial charge in [-0.2, -0.15) is 0 Å². The molecule has 1 atom stereocenters. The van der Waals surface area contributed by atoms with Crippen LogP contribution in [0, 0.1) is 0 Å². The summed E-state index contributed by atoms with van der Waals surface area (Å²) in [5, 5.41) is 11.0. The lowest BCUT2D eigenvalue weighted by molar-refractivity contribution is -0.147. The number of rotatable bonds is 4. The highest BCUT2D eigenvalue weighted by molar-refractivity contribution is 7.99. The molecule has 1 saturated heterocycles. The van der Waals surface area contributed by atoms with Crippen LogP contribution >= 0.6 is 23.1 Å². The minimum absolute atomic E-state index is 0.0594. The van der Waals surface area contributed by atoms with Crippen molar-refractivity contribution in [2.24, 2.45) is 0 Å². The maximum atomic E-state index is 11.9. The molecule has 1 N–H and O–H groups in total. The molecule has 0 saturated carbocycles. The second-order valence-electron chi connectivity index (χ2n) is 3.80. The van der Waals surface area contributed by atoms with Crippen LogP contribution in [0.2, 0.25) is 0 Å². The lowest BCUT2D eigenvalue weighted by atomic mass is 10.2. The highest BCUT2D eigenvalue weighted by atomic mass is 32.2. The van der Waals surface area contributed by atoms with E-state index in [2.05, 4.69) is 0 Å². The molecule has 6 heteroatoms. The van der Waals surface area contributed by atoms with E-state index in [1.807, 2.05) is 17.5 Å². The molecule has 1 aromatic heterocycles. The van der Waals surface area contributed by atoms with E-state index in [0.717, 1.165) is 4.88 Å². The summed E-state index contributed by atoms with van der Waals surface area (Å²) >= 11 is 3.12. The molecule has 92 valence electrons. The molecule has 1 aliphatic rings. The number of carbonyl (C=O) groups excluding carboxylic acids is 1. The van der Waals surface area contributed by atoms with Crippen molar-refractivity contribution in [2.45, 2.75) is 18.9 Å². The summed E-state index contributed by atoms with van der Waals surface area (Å²) in [4.78, 5) is 25.5. The summed E-state index contributed by atoms with van der Waals surface area (Å²) in [7, 11) is 0. The van der Waals surface area contributed by atoms with Crippen molar-refractivity contribution in [2.75, 3.05) is 11.6 Å². The van der Waals surface area contributed by atoms with Crippen molar-refractivity contribution in [3.05, 3.63) is 22.4 Å². The number of hydrogen-bond donors (Lipinski definition) is 1. The maximum Gasteiger partial charge on any atom is 0.327 e. The Hall–Kier alpha value is -1.01. The van der Waals surface area contributed by atoms with E-state index in [9.17, 15) is 9.59 Å². The first-order chi connectivity index (χ1) is 8.18. The number of hydrogen-bond acceptors (Lipinski definition) is 4. The van der Waals surface area contributed by atoms with Gasteiger partial charge in [-0.15, -0.1) is 23.1 Å². The monoisotopic (exact) mass is 271 g/mol. The number of carboxylic acid groups (broad SMARTS) is 1. The number of aryl methyl sites for hydroxylation is 1. The van der Waals surface area contributed by atoms with Crippen molar-refractivity contribution in [1.82, 2.24) is 4.90 Å². The first-order valence-electron chi connectivity index (χ1n) is 5.31. The molecule has 2 heterocycles. The fourth-order valence-corrected chi connectivity index (χ4v) is 3.60. The maximum absolute atomic E-state index is 11.9. The van der Waals surface area contributed by atoms with Gasteiger partial charge in [0, 0.05) is 17.1 Å². The van der Waals surface area contributed by atoms with Gasteiger partial charge in [-0.05, 0) is 17.9 Å².